The average molecular weight is 266 g/mol. The zero-order chi connectivity index (χ0) is 13.8. The SMILES string of the molecule is C[C@H]1O[C@@H](N2C=NC3(N)C(=N)N=CN=C23)[C@H](O)[C@@H]1O. The number of aliphatic hydroxyl groups is 2. The summed E-state index contributed by atoms with van der Waals surface area (Å²) in [5, 5.41) is 27.4. The van der Waals surface area contributed by atoms with Gasteiger partial charge in [0.2, 0.25) is 5.66 Å². The van der Waals surface area contributed by atoms with Crippen molar-refractivity contribution in [1.29, 1.82) is 5.41 Å². The van der Waals surface area contributed by atoms with Gasteiger partial charge in [-0.2, -0.15) is 0 Å². The van der Waals surface area contributed by atoms with E-state index in [2.05, 4.69) is 15.0 Å². The van der Waals surface area contributed by atoms with Crippen molar-refractivity contribution in [3.05, 3.63) is 0 Å². The van der Waals surface area contributed by atoms with Crippen LogP contribution < -0.4 is 5.73 Å². The highest BCUT2D eigenvalue weighted by Gasteiger charge is 2.52. The molecule has 3 heterocycles. The van der Waals surface area contributed by atoms with Crippen LogP contribution in [0.25, 0.3) is 0 Å². The van der Waals surface area contributed by atoms with Crippen molar-refractivity contribution in [1.82, 2.24) is 4.90 Å². The normalized spacial score (nSPS) is 44.7. The van der Waals surface area contributed by atoms with Gasteiger partial charge in [0.15, 0.2) is 17.9 Å². The van der Waals surface area contributed by atoms with Crippen molar-refractivity contribution in [2.24, 2.45) is 20.7 Å². The van der Waals surface area contributed by atoms with Gasteiger partial charge < -0.3 is 14.9 Å². The summed E-state index contributed by atoms with van der Waals surface area (Å²) >= 11 is 0. The topological polar surface area (TPSA) is 140 Å². The fourth-order valence-corrected chi connectivity index (χ4v) is 2.28. The first-order chi connectivity index (χ1) is 8.95. The zero-order valence-electron chi connectivity index (χ0n) is 10.1. The molecule has 0 aromatic carbocycles. The molecule has 102 valence electrons. The van der Waals surface area contributed by atoms with Crippen LogP contribution in [0.4, 0.5) is 0 Å². The van der Waals surface area contributed by atoms with Crippen LogP contribution >= 0.6 is 0 Å². The van der Waals surface area contributed by atoms with Crippen LogP contribution in [0.3, 0.4) is 0 Å². The van der Waals surface area contributed by atoms with Crippen molar-refractivity contribution in [2.75, 3.05) is 0 Å². The second kappa shape index (κ2) is 3.90. The Morgan fingerprint density at radius 2 is 2.21 bits per heavy atom. The van der Waals surface area contributed by atoms with E-state index in [0.29, 0.717) is 0 Å². The molecular weight excluding hydrogens is 252 g/mol. The molecule has 1 saturated heterocycles. The number of nitrogens with two attached hydrogens (primary N) is 1. The fraction of sp³-hybridized carbons (Fsp3) is 0.600. The number of nitrogens with zero attached hydrogens (tertiary/aromatic N) is 4. The summed E-state index contributed by atoms with van der Waals surface area (Å²) in [5.41, 5.74) is 4.52. The molecule has 0 radical (unpaired) electrons. The first-order valence-electron chi connectivity index (χ1n) is 5.79. The average Bonchev–Trinajstić information content (AvgIpc) is 2.84. The number of fused-ring (bicyclic) bond motifs is 1. The third-order valence-corrected chi connectivity index (χ3v) is 3.45. The molecular formula is C10H14N6O3. The van der Waals surface area contributed by atoms with E-state index in [-0.39, 0.29) is 11.7 Å². The maximum Gasteiger partial charge on any atom is 0.228 e. The highest BCUT2D eigenvalue weighted by Crippen LogP contribution is 2.29. The van der Waals surface area contributed by atoms with E-state index in [0.717, 1.165) is 0 Å². The third-order valence-electron chi connectivity index (χ3n) is 3.45. The minimum absolute atomic E-state index is 0.141. The molecule has 9 heteroatoms. The minimum Gasteiger partial charge on any atom is -0.388 e. The van der Waals surface area contributed by atoms with Gasteiger partial charge in [-0.25, -0.2) is 15.0 Å². The number of amidine groups is 2. The molecule has 0 aromatic rings. The highest BCUT2D eigenvalue weighted by molar-refractivity contribution is 6.23. The molecule has 5 N–H and O–H groups in total. The summed E-state index contributed by atoms with van der Waals surface area (Å²) < 4.78 is 5.48. The Hall–Kier alpha value is -1.68. The third kappa shape index (κ3) is 1.56. The van der Waals surface area contributed by atoms with Crippen LogP contribution in [-0.2, 0) is 4.74 Å². The number of hydrogen-bond acceptors (Lipinski definition) is 8. The van der Waals surface area contributed by atoms with E-state index < -0.39 is 30.2 Å². The van der Waals surface area contributed by atoms with E-state index in [9.17, 15) is 10.2 Å². The van der Waals surface area contributed by atoms with Crippen molar-refractivity contribution < 1.29 is 14.9 Å². The Morgan fingerprint density at radius 3 is 2.84 bits per heavy atom. The van der Waals surface area contributed by atoms with E-state index in [1.165, 1.54) is 17.6 Å². The van der Waals surface area contributed by atoms with Crippen LogP contribution in [0.5, 0.6) is 0 Å². The quantitative estimate of drug-likeness (QED) is 0.429. The fourth-order valence-electron chi connectivity index (χ4n) is 2.28. The lowest BCUT2D eigenvalue weighted by atomic mass is 10.1. The van der Waals surface area contributed by atoms with Crippen molar-refractivity contribution >= 4 is 24.3 Å². The molecule has 0 aliphatic carbocycles. The molecule has 0 saturated carbocycles. The number of nitrogens with one attached hydrogen (secondary N) is 1. The molecule has 3 aliphatic heterocycles. The molecule has 0 bridgehead atoms. The predicted molar refractivity (Wildman–Crippen MR) is 67.3 cm³/mol. The summed E-state index contributed by atoms with van der Waals surface area (Å²) in [7, 11) is 0. The van der Waals surface area contributed by atoms with Gasteiger partial charge in [-0.3, -0.25) is 16.0 Å². The minimum atomic E-state index is -1.45. The molecule has 0 spiro atoms. The number of aliphatic imine (C=N–C) groups is 3. The van der Waals surface area contributed by atoms with E-state index >= 15 is 0 Å². The first kappa shape index (κ1) is 12.4. The lowest BCUT2D eigenvalue weighted by Crippen LogP contribution is -2.58. The lowest BCUT2D eigenvalue weighted by molar-refractivity contribution is -0.0309. The standard InChI is InChI=1S/C10H14N6O3/c1-4-5(17)6(18)7(19-4)16-3-15-10(12)8(11)13-2-14-9(10)16/h2-7,11,17-18H,12H2,1H3/t4-,5-,6-,7-,10?/m1/s1. The maximum absolute atomic E-state index is 9.97. The van der Waals surface area contributed by atoms with Crippen LogP contribution in [0.15, 0.2) is 15.0 Å². The van der Waals surface area contributed by atoms with Crippen LogP contribution in [0.1, 0.15) is 6.92 Å². The van der Waals surface area contributed by atoms with Gasteiger partial charge in [0, 0.05) is 0 Å². The zero-order valence-corrected chi connectivity index (χ0v) is 10.1. The predicted octanol–water partition coefficient (Wildman–Crippen LogP) is -2.13. The number of aliphatic hydroxyl groups excluding tert-OH is 2. The van der Waals surface area contributed by atoms with Gasteiger partial charge >= 0.3 is 0 Å². The van der Waals surface area contributed by atoms with Gasteiger partial charge in [-0.15, -0.1) is 0 Å². The Labute approximate surface area is 108 Å². The van der Waals surface area contributed by atoms with Gasteiger partial charge in [0.1, 0.15) is 18.5 Å². The molecule has 3 rings (SSSR count). The Morgan fingerprint density at radius 1 is 1.47 bits per heavy atom. The number of rotatable bonds is 1. The monoisotopic (exact) mass is 266 g/mol. The van der Waals surface area contributed by atoms with Crippen molar-refractivity contribution in [3.63, 3.8) is 0 Å². The molecule has 3 aliphatic rings. The molecule has 1 unspecified atom stereocenters. The molecule has 0 aromatic heterocycles. The highest BCUT2D eigenvalue weighted by atomic mass is 16.6. The number of ether oxygens (including phenoxy) is 1. The summed E-state index contributed by atoms with van der Waals surface area (Å²) in [6.07, 6.45) is -0.912. The van der Waals surface area contributed by atoms with E-state index in [1.54, 1.807) is 6.92 Å². The summed E-state index contributed by atoms with van der Waals surface area (Å²) in [6.45, 7) is 1.66. The largest absolute Gasteiger partial charge is 0.388 e. The second-order valence-electron chi connectivity index (χ2n) is 4.68. The van der Waals surface area contributed by atoms with Gasteiger partial charge in [0.25, 0.3) is 0 Å². The Balaban J connectivity index is 1.93. The molecule has 0 amide bonds. The van der Waals surface area contributed by atoms with E-state index in [1.807, 2.05) is 0 Å². The van der Waals surface area contributed by atoms with Crippen molar-refractivity contribution in [3.8, 4) is 0 Å². The molecule has 19 heavy (non-hydrogen) atoms. The Bertz CT molecular complexity index is 517. The lowest BCUT2D eigenvalue weighted by Gasteiger charge is -2.30. The number of hydrogen-bond donors (Lipinski definition) is 4. The summed E-state index contributed by atoms with van der Waals surface area (Å²) in [6, 6.07) is 0. The van der Waals surface area contributed by atoms with Crippen LogP contribution in [0, 0.1) is 5.41 Å². The smallest absolute Gasteiger partial charge is 0.228 e. The second-order valence-corrected chi connectivity index (χ2v) is 4.68. The summed E-state index contributed by atoms with van der Waals surface area (Å²) in [5.74, 6) is 0.107. The van der Waals surface area contributed by atoms with Gasteiger partial charge in [0.05, 0.1) is 12.4 Å². The van der Waals surface area contributed by atoms with Crippen LogP contribution in [0.2, 0.25) is 0 Å². The first-order valence-corrected chi connectivity index (χ1v) is 5.79. The van der Waals surface area contributed by atoms with E-state index in [4.69, 9.17) is 15.9 Å². The van der Waals surface area contributed by atoms with Gasteiger partial charge in [-0.05, 0) is 6.92 Å². The summed E-state index contributed by atoms with van der Waals surface area (Å²) in [4.78, 5) is 13.2. The molecule has 5 atom stereocenters. The van der Waals surface area contributed by atoms with Gasteiger partial charge in [-0.1, -0.05) is 0 Å². The maximum atomic E-state index is 9.97. The molecule has 1 fully saturated rings. The Kier molecular flexibility index (Phi) is 2.54. The van der Waals surface area contributed by atoms with Crippen LogP contribution in [-0.4, -0.2) is 69.7 Å². The van der Waals surface area contributed by atoms with Crippen molar-refractivity contribution in [2.45, 2.75) is 37.1 Å². The molecule has 9 nitrogen and oxygen atoms in total.